The normalized spacial score (nSPS) is 18.1. The molecule has 2 amide bonds. The van der Waals surface area contributed by atoms with Crippen LogP contribution < -0.4 is 16.2 Å². The number of carboxylic acid groups (broad SMARTS) is 1. The van der Waals surface area contributed by atoms with Crippen LogP contribution in [0, 0.1) is 5.92 Å². The molecule has 1 aliphatic heterocycles. The minimum atomic E-state index is -0.826. The number of urea groups is 1. The molecule has 0 spiro atoms. The molecule has 6 heteroatoms. The number of rotatable bonds is 10. The molecule has 2 unspecified atom stereocenters. The molecule has 0 bridgehead atoms. The Morgan fingerprint density at radius 3 is 2.21 bits per heavy atom. The first-order valence-electron chi connectivity index (χ1n) is 13.4. The Morgan fingerprint density at radius 1 is 0.921 bits per heavy atom. The second kappa shape index (κ2) is 11.4. The maximum atomic E-state index is 12.2. The Hall–Kier alpha value is -3.64. The smallest absolute Gasteiger partial charge is 0.330 e. The van der Waals surface area contributed by atoms with Gasteiger partial charge < -0.3 is 10.4 Å². The van der Waals surface area contributed by atoms with Gasteiger partial charge in [0.25, 0.3) is 0 Å². The lowest BCUT2D eigenvalue weighted by molar-refractivity contribution is -0.136. The zero-order valence-corrected chi connectivity index (χ0v) is 22.8. The van der Waals surface area contributed by atoms with Gasteiger partial charge in [-0.1, -0.05) is 100 Å². The van der Waals surface area contributed by atoms with E-state index in [9.17, 15) is 9.59 Å². The highest BCUT2D eigenvalue weighted by Crippen LogP contribution is 2.29. The first-order chi connectivity index (χ1) is 18.0. The molecule has 0 saturated carbocycles. The summed E-state index contributed by atoms with van der Waals surface area (Å²) >= 11 is 0. The Bertz CT molecular complexity index is 1260. The monoisotopic (exact) mass is 513 g/mol. The number of hydrogen-bond donors (Lipinski definition) is 4. The van der Waals surface area contributed by atoms with Crippen molar-refractivity contribution in [3.8, 4) is 11.1 Å². The van der Waals surface area contributed by atoms with Crippen molar-refractivity contribution in [3.05, 3.63) is 95.1 Å². The van der Waals surface area contributed by atoms with E-state index in [1.165, 1.54) is 16.7 Å². The zero-order valence-electron chi connectivity index (χ0n) is 22.8. The summed E-state index contributed by atoms with van der Waals surface area (Å²) in [5.74, 6) is -0.647. The van der Waals surface area contributed by atoms with Crippen LogP contribution >= 0.6 is 0 Å². The van der Waals surface area contributed by atoms with Crippen molar-refractivity contribution in [2.45, 2.75) is 70.9 Å². The van der Waals surface area contributed by atoms with E-state index in [2.05, 4.69) is 92.4 Å². The minimum absolute atomic E-state index is 0.0299. The van der Waals surface area contributed by atoms with E-state index in [-0.39, 0.29) is 23.8 Å². The fourth-order valence-electron chi connectivity index (χ4n) is 5.19. The molecule has 4 rings (SSSR count). The van der Waals surface area contributed by atoms with Crippen molar-refractivity contribution in [1.82, 2.24) is 16.2 Å². The number of aryl methyl sites for hydroxylation is 1. The highest BCUT2D eigenvalue weighted by molar-refractivity contribution is 5.76. The van der Waals surface area contributed by atoms with Gasteiger partial charge in [-0.3, -0.25) is 10.2 Å². The van der Waals surface area contributed by atoms with Gasteiger partial charge in [-0.2, -0.15) is 0 Å². The second-order valence-corrected chi connectivity index (χ2v) is 11.5. The predicted octanol–water partition coefficient (Wildman–Crippen LogP) is 5.99. The van der Waals surface area contributed by atoms with E-state index < -0.39 is 11.6 Å². The summed E-state index contributed by atoms with van der Waals surface area (Å²) in [4.78, 5) is 23.1. The number of benzene rings is 3. The molecule has 0 radical (unpaired) electrons. The predicted molar refractivity (Wildman–Crippen MR) is 152 cm³/mol. The van der Waals surface area contributed by atoms with E-state index >= 15 is 0 Å². The molecule has 1 saturated heterocycles. The zero-order chi connectivity index (χ0) is 27.3. The molecule has 6 nitrogen and oxygen atoms in total. The molecule has 1 heterocycles. The largest absolute Gasteiger partial charge is 0.481 e. The SMILES string of the molecule is CC(Cc1ccc(C(C)(C)C)cc1)C1(CCCc2cccc(-c3ccc(CC(=O)O)cc3)c2)NNC(=O)N1. The number of carboxylic acids is 1. The topological polar surface area (TPSA) is 90.5 Å². The van der Waals surface area contributed by atoms with E-state index in [4.69, 9.17) is 5.11 Å². The van der Waals surface area contributed by atoms with Gasteiger partial charge in [-0.05, 0) is 70.4 Å². The molecule has 3 aromatic carbocycles. The summed E-state index contributed by atoms with van der Waals surface area (Å²) in [6.07, 6.45) is 3.47. The highest BCUT2D eigenvalue weighted by Gasteiger charge is 2.41. The summed E-state index contributed by atoms with van der Waals surface area (Å²) in [5, 5.41) is 12.2. The number of hydrogen-bond acceptors (Lipinski definition) is 3. The molecule has 200 valence electrons. The van der Waals surface area contributed by atoms with Crippen LogP contribution in [0.5, 0.6) is 0 Å². The maximum absolute atomic E-state index is 12.2. The first kappa shape index (κ1) is 27.4. The molecule has 2 atom stereocenters. The molecular formula is C32H39N3O3. The van der Waals surface area contributed by atoms with Crippen molar-refractivity contribution < 1.29 is 14.7 Å². The third kappa shape index (κ3) is 6.81. The fourth-order valence-corrected chi connectivity index (χ4v) is 5.19. The van der Waals surface area contributed by atoms with Crippen molar-refractivity contribution in [1.29, 1.82) is 0 Å². The molecule has 1 aliphatic rings. The summed E-state index contributed by atoms with van der Waals surface area (Å²) in [6, 6.07) is 24.8. The van der Waals surface area contributed by atoms with Crippen molar-refractivity contribution in [2.24, 2.45) is 5.92 Å². The number of nitrogens with one attached hydrogen (secondary N) is 3. The highest BCUT2D eigenvalue weighted by atomic mass is 16.4. The second-order valence-electron chi connectivity index (χ2n) is 11.5. The average molecular weight is 514 g/mol. The summed E-state index contributed by atoms with van der Waals surface area (Å²) < 4.78 is 0. The van der Waals surface area contributed by atoms with Gasteiger partial charge in [0.2, 0.25) is 0 Å². The van der Waals surface area contributed by atoms with Gasteiger partial charge in [0, 0.05) is 0 Å². The maximum Gasteiger partial charge on any atom is 0.330 e. The summed E-state index contributed by atoms with van der Waals surface area (Å²) in [6.45, 7) is 8.84. The van der Waals surface area contributed by atoms with E-state index in [0.29, 0.717) is 0 Å². The van der Waals surface area contributed by atoms with Gasteiger partial charge in [-0.15, -0.1) is 0 Å². The van der Waals surface area contributed by atoms with Crippen LogP contribution in [0.25, 0.3) is 11.1 Å². The Labute approximate surface area is 225 Å². The van der Waals surface area contributed by atoms with Crippen molar-refractivity contribution in [3.63, 3.8) is 0 Å². The third-order valence-corrected chi connectivity index (χ3v) is 7.54. The van der Waals surface area contributed by atoms with Gasteiger partial charge in [0.05, 0.1) is 6.42 Å². The number of amides is 2. The standard InChI is InChI=1S/C32H39N3O3/c1-22(19-24-12-16-28(17-13-24)31(2,3)4)32(33-30(38)34-35-32)18-6-8-23-7-5-9-27(20-23)26-14-10-25(11-15-26)21-29(36)37/h5,7,9-17,20,22,35H,6,8,18-19,21H2,1-4H3,(H,36,37)(H2,33,34,38). The van der Waals surface area contributed by atoms with Gasteiger partial charge in [-0.25, -0.2) is 10.2 Å². The summed E-state index contributed by atoms with van der Waals surface area (Å²) in [7, 11) is 0. The van der Waals surface area contributed by atoms with Crippen molar-refractivity contribution in [2.75, 3.05) is 0 Å². The Kier molecular flexibility index (Phi) is 8.22. The first-order valence-corrected chi connectivity index (χ1v) is 13.4. The number of hydrazine groups is 1. The van der Waals surface area contributed by atoms with E-state index in [0.717, 1.165) is 42.4 Å². The van der Waals surface area contributed by atoms with Crippen LogP contribution in [-0.4, -0.2) is 22.8 Å². The molecule has 38 heavy (non-hydrogen) atoms. The quantitative estimate of drug-likeness (QED) is 0.268. The lowest BCUT2D eigenvalue weighted by Crippen LogP contribution is -2.56. The van der Waals surface area contributed by atoms with Gasteiger partial charge in [0.15, 0.2) is 0 Å². The lowest BCUT2D eigenvalue weighted by Gasteiger charge is -2.35. The van der Waals surface area contributed by atoms with Crippen LogP contribution in [0.2, 0.25) is 0 Å². The molecule has 3 aromatic rings. The van der Waals surface area contributed by atoms with Crippen molar-refractivity contribution >= 4 is 12.0 Å². The Balaban J connectivity index is 1.40. The number of carbonyl (C=O) groups is 2. The Morgan fingerprint density at radius 2 is 1.61 bits per heavy atom. The molecule has 4 N–H and O–H groups in total. The summed E-state index contributed by atoms with van der Waals surface area (Å²) in [5.41, 5.74) is 12.4. The van der Waals surface area contributed by atoms with Crippen LogP contribution in [-0.2, 0) is 29.5 Å². The minimum Gasteiger partial charge on any atom is -0.481 e. The van der Waals surface area contributed by atoms with E-state index in [1.54, 1.807) is 0 Å². The van der Waals surface area contributed by atoms with Crippen LogP contribution in [0.15, 0.2) is 72.8 Å². The number of carbonyl (C=O) groups excluding carboxylic acids is 1. The van der Waals surface area contributed by atoms with Crippen LogP contribution in [0.3, 0.4) is 0 Å². The van der Waals surface area contributed by atoms with Gasteiger partial charge >= 0.3 is 12.0 Å². The molecule has 0 aromatic heterocycles. The van der Waals surface area contributed by atoms with Gasteiger partial charge in [0.1, 0.15) is 5.66 Å². The lowest BCUT2D eigenvalue weighted by atomic mass is 9.83. The fraction of sp³-hybridized carbons (Fsp3) is 0.375. The third-order valence-electron chi connectivity index (χ3n) is 7.54. The molecule has 0 aliphatic carbocycles. The van der Waals surface area contributed by atoms with Crippen LogP contribution in [0.1, 0.15) is 62.8 Å². The molecule has 1 fully saturated rings. The van der Waals surface area contributed by atoms with E-state index in [1.807, 2.05) is 24.3 Å². The number of aliphatic carboxylic acids is 1. The average Bonchev–Trinajstić information content (AvgIpc) is 3.26. The molecular weight excluding hydrogens is 474 g/mol. The van der Waals surface area contributed by atoms with Crippen LogP contribution in [0.4, 0.5) is 4.79 Å².